The SMILES string of the molecule is CC(CS)c1cccc(CN)c1. The van der Waals surface area contributed by atoms with Crippen molar-refractivity contribution in [3.63, 3.8) is 0 Å². The first-order valence-electron chi connectivity index (χ1n) is 4.17. The minimum Gasteiger partial charge on any atom is -0.326 e. The van der Waals surface area contributed by atoms with Crippen LogP contribution in [0.1, 0.15) is 24.0 Å². The minimum absolute atomic E-state index is 0.514. The monoisotopic (exact) mass is 181 g/mol. The van der Waals surface area contributed by atoms with Gasteiger partial charge in [-0.15, -0.1) is 0 Å². The summed E-state index contributed by atoms with van der Waals surface area (Å²) in [5.74, 6) is 1.40. The molecule has 1 atom stereocenters. The fourth-order valence-electron chi connectivity index (χ4n) is 1.13. The van der Waals surface area contributed by atoms with Crippen molar-refractivity contribution in [1.82, 2.24) is 0 Å². The Morgan fingerprint density at radius 1 is 1.50 bits per heavy atom. The lowest BCUT2D eigenvalue weighted by Gasteiger charge is -2.09. The van der Waals surface area contributed by atoms with Crippen molar-refractivity contribution in [2.75, 3.05) is 5.75 Å². The zero-order valence-electron chi connectivity index (χ0n) is 7.33. The molecular weight excluding hydrogens is 166 g/mol. The molecule has 0 radical (unpaired) electrons. The largest absolute Gasteiger partial charge is 0.326 e. The zero-order valence-corrected chi connectivity index (χ0v) is 8.22. The van der Waals surface area contributed by atoms with Crippen LogP contribution in [-0.4, -0.2) is 5.75 Å². The van der Waals surface area contributed by atoms with Crippen LogP contribution in [0.2, 0.25) is 0 Å². The van der Waals surface area contributed by atoms with E-state index < -0.39 is 0 Å². The maximum Gasteiger partial charge on any atom is 0.0178 e. The summed E-state index contributed by atoms with van der Waals surface area (Å²) in [7, 11) is 0. The van der Waals surface area contributed by atoms with E-state index in [2.05, 4.69) is 43.8 Å². The van der Waals surface area contributed by atoms with Gasteiger partial charge in [0.15, 0.2) is 0 Å². The molecule has 1 aromatic rings. The topological polar surface area (TPSA) is 26.0 Å². The molecule has 1 unspecified atom stereocenters. The molecule has 0 aliphatic carbocycles. The van der Waals surface area contributed by atoms with E-state index in [1.807, 2.05) is 0 Å². The molecule has 0 saturated heterocycles. The fraction of sp³-hybridized carbons (Fsp3) is 0.400. The van der Waals surface area contributed by atoms with Gasteiger partial charge >= 0.3 is 0 Å². The number of hydrogen-bond donors (Lipinski definition) is 2. The smallest absolute Gasteiger partial charge is 0.0178 e. The molecule has 1 aromatic carbocycles. The molecule has 0 fully saturated rings. The second-order valence-corrected chi connectivity index (χ2v) is 3.40. The molecule has 2 N–H and O–H groups in total. The van der Waals surface area contributed by atoms with Crippen molar-refractivity contribution < 1.29 is 0 Å². The Kier molecular flexibility index (Phi) is 3.63. The van der Waals surface area contributed by atoms with Crippen LogP contribution in [-0.2, 0) is 6.54 Å². The van der Waals surface area contributed by atoms with Crippen LogP contribution in [0.4, 0.5) is 0 Å². The molecule has 0 saturated carbocycles. The summed E-state index contributed by atoms with van der Waals surface area (Å²) in [6.07, 6.45) is 0. The van der Waals surface area contributed by atoms with Crippen molar-refractivity contribution in [1.29, 1.82) is 0 Å². The Bertz CT molecular complexity index is 247. The third-order valence-corrected chi connectivity index (χ3v) is 2.58. The second-order valence-electron chi connectivity index (χ2n) is 3.03. The molecule has 0 spiro atoms. The zero-order chi connectivity index (χ0) is 8.97. The van der Waals surface area contributed by atoms with E-state index in [1.165, 1.54) is 11.1 Å². The number of benzene rings is 1. The number of nitrogens with two attached hydrogens (primary N) is 1. The van der Waals surface area contributed by atoms with E-state index in [0.717, 1.165) is 5.75 Å². The van der Waals surface area contributed by atoms with Gasteiger partial charge in [-0.25, -0.2) is 0 Å². The molecule has 0 bridgehead atoms. The fourth-order valence-corrected chi connectivity index (χ4v) is 1.34. The average molecular weight is 181 g/mol. The Balaban J connectivity index is 2.86. The van der Waals surface area contributed by atoms with Gasteiger partial charge in [0.05, 0.1) is 0 Å². The van der Waals surface area contributed by atoms with Crippen LogP contribution in [0.3, 0.4) is 0 Å². The van der Waals surface area contributed by atoms with Crippen LogP contribution in [0.5, 0.6) is 0 Å². The summed E-state index contributed by atoms with van der Waals surface area (Å²) in [6, 6.07) is 8.38. The van der Waals surface area contributed by atoms with E-state index >= 15 is 0 Å². The van der Waals surface area contributed by atoms with Gasteiger partial charge in [-0.2, -0.15) is 12.6 Å². The molecule has 0 aliphatic rings. The summed E-state index contributed by atoms with van der Waals surface area (Å²) < 4.78 is 0. The molecule has 66 valence electrons. The highest BCUT2D eigenvalue weighted by molar-refractivity contribution is 7.80. The minimum atomic E-state index is 0.514. The molecule has 12 heavy (non-hydrogen) atoms. The molecule has 0 amide bonds. The first-order valence-corrected chi connectivity index (χ1v) is 4.81. The first-order chi connectivity index (χ1) is 5.77. The summed E-state index contributed by atoms with van der Waals surface area (Å²) in [4.78, 5) is 0. The predicted octanol–water partition coefficient (Wildman–Crippen LogP) is 2.18. The van der Waals surface area contributed by atoms with Gasteiger partial charge < -0.3 is 5.73 Å². The van der Waals surface area contributed by atoms with Crippen molar-refractivity contribution in [2.24, 2.45) is 5.73 Å². The number of rotatable bonds is 3. The maximum atomic E-state index is 5.54. The lowest BCUT2D eigenvalue weighted by Crippen LogP contribution is -1.99. The van der Waals surface area contributed by atoms with Crippen molar-refractivity contribution in [3.05, 3.63) is 35.4 Å². The van der Waals surface area contributed by atoms with Gasteiger partial charge in [-0.1, -0.05) is 31.2 Å². The summed E-state index contributed by atoms with van der Waals surface area (Å²) in [6.45, 7) is 2.79. The first kappa shape index (κ1) is 9.62. The van der Waals surface area contributed by atoms with Crippen LogP contribution < -0.4 is 5.73 Å². The average Bonchev–Trinajstić information content (AvgIpc) is 2.17. The molecule has 0 heterocycles. The van der Waals surface area contributed by atoms with E-state index in [1.54, 1.807) is 0 Å². The van der Waals surface area contributed by atoms with Gasteiger partial charge in [-0.3, -0.25) is 0 Å². The van der Waals surface area contributed by atoms with E-state index in [0.29, 0.717) is 12.5 Å². The van der Waals surface area contributed by atoms with Gasteiger partial charge in [0.1, 0.15) is 0 Å². The van der Waals surface area contributed by atoms with Crippen molar-refractivity contribution in [3.8, 4) is 0 Å². The van der Waals surface area contributed by atoms with Gasteiger partial charge in [0.25, 0.3) is 0 Å². The molecule has 2 heteroatoms. The molecule has 1 rings (SSSR count). The van der Waals surface area contributed by atoms with Gasteiger partial charge in [-0.05, 0) is 22.8 Å². The predicted molar refractivity (Wildman–Crippen MR) is 56.6 cm³/mol. The highest BCUT2D eigenvalue weighted by Gasteiger charge is 2.02. The Labute approximate surface area is 79.4 Å². The van der Waals surface area contributed by atoms with E-state index in [-0.39, 0.29) is 0 Å². The third-order valence-electron chi connectivity index (χ3n) is 2.03. The van der Waals surface area contributed by atoms with E-state index in [4.69, 9.17) is 5.73 Å². The van der Waals surface area contributed by atoms with Crippen LogP contribution in [0, 0.1) is 0 Å². The van der Waals surface area contributed by atoms with Crippen LogP contribution >= 0.6 is 12.6 Å². The number of hydrogen-bond acceptors (Lipinski definition) is 2. The maximum absolute atomic E-state index is 5.54. The lowest BCUT2D eigenvalue weighted by molar-refractivity contribution is 0.878. The molecule has 0 aromatic heterocycles. The lowest BCUT2D eigenvalue weighted by atomic mass is 10.0. The Morgan fingerprint density at radius 2 is 2.25 bits per heavy atom. The second kappa shape index (κ2) is 4.53. The summed E-state index contributed by atoms with van der Waals surface area (Å²) >= 11 is 4.26. The number of thiol groups is 1. The standard InChI is InChI=1S/C10H15NS/c1-8(7-12)10-4-2-3-9(5-10)6-11/h2-5,8,12H,6-7,11H2,1H3. The normalized spacial score (nSPS) is 12.9. The highest BCUT2D eigenvalue weighted by atomic mass is 32.1. The summed E-state index contributed by atoms with van der Waals surface area (Å²) in [5.41, 5.74) is 8.06. The highest BCUT2D eigenvalue weighted by Crippen LogP contribution is 2.17. The Morgan fingerprint density at radius 3 is 2.83 bits per heavy atom. The molecule has 1 nitrogen and oxygen atoms in total. The molecule has 0 aliphatic heterocycles. The van der Waals surface area contributed by atoms with E-state index in [9.17, 15) is 0 Å². The van der Waals surface area contributed by atoms with Crippen molar-refractivity contribution in [2.45, 2.75) is 19.4 Å². The van der Waals surface area contributed by atoms with Crippen molar-refractivity contribution >= 4 is 12.6 Å². The Hall–Kier alpha value is -0.470. The van der Waals surface area contributed by atoms with Gasteiger partial charge in [0.2, 0.25) is 0 Å². The quantitative estimate of drug-likeness (QED) is 0.687. The summed E-state index contributed by atoms with van der Waals surface area (Å²) in [5, 5.41) is 0. The third kappa shape index (κ3) is 2.26. The van der Waals surface area contributed by atoms with Crippen LogP contribution in [0.15, 0.2) is 24.3 Å². The van der Waals surface area contributed by atoms with Crippen LogP contribution in [0.25, 0.3) is 0 Å². The van der Waals surface area contributed by atoms with Gasteiger partial charge in [0, 0.05) is 6.54 Å². The molecular formula is C10H15NS.